The van der Waals surface area contributed by atoms with Crippen molar-refractivity contribution in [2.45, 2.75) is 18.7 Å². The smallest absolute Gasteiger partial charge is 0.416 e. The van der Waals surface area contributed by atoms with Gasteiger partial charge in [-0.05, 0) is 19.0 Å². The molecule has 1 saturated heterocycles. The minimum Gasteiger partial charge on any atom is -0.439 e. The van der Waals surface area contributed by atoms with Crippen LogP contribution in [0, 0.1) is 0 Å². The van der Waals surface area contributed by atoms with Gasteiger partial charge < -0.3 is 15.4 Å². The summed E-state index contributed by atoms with van der Waals surface area (Å²) in [7, 11) is 0. The van der Waals surface area contributed by atoms with E-state index < -0.39 is 23.9 Å². The number of nitrogens with zero attached hydrogens (tertiary/aromatic N) is 1. The lowest BCUT2D eigenvalue weighted by Gasteiger charge is -2.16. The van der Waals surface area contributed by atoms with Gasteiger partial charge in [-0.25, -0.2) is 4.79 Å². The molecule has 2 rings (SSSR count). The number of hydrogen-bond donors (Lipinski definition) is 1. The zero-order valence-electron chi connectivity index (χ0n) is 10.7. The number of halogens is 3. The maximum atomic E-state index is 12.9. The van der Waals surface area contributed by atoms with E-state index in [9.17, 15) is 18.0 Å². The second kappa shape index (κ2) is 5.70. The molecule has 110 valence electrons. The molecule has 1 atom stereocenters. The Balaban J connectivity index is 2.20. The molecule has 1 aliphatic rings. The van der Waals surface area contributed by atoms with Crippen molar-refractivity contribution in [3.8, 4) is 0 Å². The third-order valence-corrected chi connectivity index (χ3v) is 3.13. The van der Waals surface area contributed by atoms with Crippen LogP contribution in [0.4, 0.5) is 18.0 Å². The lowest BCUT2D eigenvalue weighted by Crippen LogP contribution is -2.27. The van der Waals surface area contributed by atoms with Crippen molar-refractivity contribution in [2.24, 2.45) is 5.73 Å². The molecule has 1 aromatic carbocycles. The van der Waals surface area contributed by atoms with Gasteiger partial charge in [-0.2, -0.15) is 13.2 Å². The van der Waals surface area contributed by atoms with Crippen molar-refractivity contribution >= 4 is 6.09 Å². The number of amides is 1. The molecule has 0 bridgehead atoms. The van der Waals surface area contributed by atoms with Crippen LogP contribution in [0.25, 0.3) is 0 Å². The Morgan fingerprint density at radius 3 is 2.70 bits per heavy atom. The van der Waals surface area contributed by atoms with E-state index in [0.29, 0.717) is 19.5 Å². The molecule has 1 heterocycles. The fourth-order valence-corrected chi connectivity index (χ4v) is 2.17. The molecule has 20 heavy (non-hydrogen) atoms. The van der Waals surface area contributed by atoms with Gasteiger partial charge in [-0.1, -0.05) is 18.2 Å². The van der Waals surface area contributed by atoms with Crippen LogP contribution in [-0.2, 0) is 10.9 Å². The maximum absolute atomic E-state index is 12.9. The highest BCUT2D eigenvalue weighted by atomic mass is 19.4. The average Bonchev–Trinajstić information content (AvgIpc) is 2.77. The molecule has 0 spiro atoms. The lowest BCUT2D eigenvalue weighted by atomic mass is 10.0. The standard InChI is InChI=1S/C13H15F3N2O2/c14-13(15,16)10-5-2-1-4-9(10)11-8-18(7-3-6-17)12(19)20-11/h1-2,4-5,11H,3,6-8,17H2. The summed E-state index contributed by atoms with van der Waals surface area (Å²) in [5.74, 6) is 0. The van der Waals surface area contributed by atoms with Crippen LogP contribution in [0.5, 0.6) is 0 Å². The van der Waals surface area contributed by atoms with E-state index in [4.69, 9.17) is 10.5 Å². The second-order valence-electron chi connectivity index (χ2n) is 4.55. The molecule has 0 aromatic heterocycles. The van der Waals surface area contributed by atoms with Gasteiger partial charge in [0.1, 0.15) is 6.10 Å². The number of carbonyl (C=O) groups is 1. The lowest BCUT2D eigenvalue weighted by molar-refractivity contribution is -0.139. The summed E-state index contributed by atoms with van der Waals surface area (Å²) in [4.78, 5) is 13.0. The first-order chi connectivity index (χ1) is 9.43. The number of nitrogens with two attached hydrogens (primary N) is 1. The van der Waals surface area contributed by atoms with E-state index in [1.807, 2.05) is 0 Å². The highest BCUT2D eigenvalue weighted by Crippen LogP contribution is 2.37. The van der Waals surface area contributed by atoms with Gasteiger partial charge in [0.05, 0.1) is 12.1 Å². The predicted octanol–water partition coefficient (Wildman–Crippen LogP) is 2.55. The summed E-state index contributed by atoms with van der Waals surface area (Å²) in [5, 5.41) is 0. The third kappa shape index (κ3) is 3.04. The number of hydrogen-bond acceptors (Lipinski definition) is 3. The fraction of sp³-hybridized carbons (Fsp3) is 0.462. The minimum absolute atomic E-state index is 0.0106. The van der Waals surface area contributed by atoms with Gasteiger partial charge in [0.2, 0.25) is 0 Å². The third-order valence-electron chi connectivity index (χ3n) is 3.13. The summed E-state index contributed by atoms with van der Waals surface area (Å²) < 4.78 is 43.8. The number of cyclic esters (lactones) is 1. The summed E-state index contributed by atoms with van der Waals surface area (Å²) in [6.45, 7) is 0.916. The quantitative estimate of drug-likeness (QED) is 0.926. The summed E-state index contributed by atoms with van der Waals surface area (Å²) in [6.07, 6.45) is -5.37. The van der Waals surface area contributed by atoms with Gasteiger partial charge in [0.25, 0.3) is 0 Å². The van der Waals surface area contributed by atoms with Crippen LogP contribution in [0.3, 0.4) is 0 Å². The van der Waals surface area contributed by atoms with E-state index in [0.717, 1.165) is 6.07 Å². The highest BCUT2D eigenvalue weighted by molar-refractivity contribution is 5.70. The van der Waals surface area contributed by atoms with Gasteiger partial charge in [-0.15, -0.1) is 0 Å². The zero-order valence-corrected chi connectivity index (χ0v) is 10.7. The topological polar surface area (TPSA) is 55.6 Å². The van der Waals surface area contributed by atoms with Gasteiger partial charge in [-0.3, -0.25) is 0 Å². The van der Waals surface area contributed by atoms with Gasteiger partial charge in [0.15, 0.2) is 0 Å². The van der Waals surface area contributed by atoms with E-state index in [1.165, 1.54) is 23.1 Å². The molecule has 1 unspecified atom stereocenters. The zero-order chi connectivity index (χ0) is 14.8. The van der Waals surface area contributed by atoms with Crippen LogP contribution >= 0.6 is 0 Å². The molecular formula is C13H15F3N2O2. The van der Waals surface area contributed by atoms with Crippen LogP contribution in [0.1, 0.15) is 23.7 Å². The first-order valence-electron chi connectivity index (χ1n) is 6.25. The Kier molecular flexibility index (Phi) is 4.17. The van der Waals surface area contributed by atoms with E-state index in [2.05, 4.69) is 0 Å². The van der Waals surface area contributed by atoms with Crippen LogP contribution in [0.2, 0.25) is 0 Å². The van der Waals surface area contributed by atoms with Crippen molar-refractivity contribution in [3.05, 3.63) is 35.4 Å². The minimum atomic E-state index is -4.46. The average molecular weight is 288 g/mol. The number of benzene rings is 1. The molecule has 2 N–H and O–H groups in total. The summed E-state index contributed by atoms with van der Waals surface area (Å²) in [6, 6.07) is 5.15. The van der Waals surface area contributed by atoms with Crippen LogP contribution < -0.4 is 5.73 Å². The Morgan fingerprint density at radius 1 is 1.35 bits per heavy atom. The molecular weight excluding hydrogens is 273 g/mol. The molecule has 7 heteroatoms. The SMILES string of the molecule is NCCCN1CC(c2ccccc2C(F)(F)F)OC1=O. The number of alkyl halides is 3. The van der Waals surface area contributed by atoms with E-state index in [1.54, 1.807) is 0 Å². The van der Waals surface area contributed by atoms with Crippen molar-refractivity contribution < 1.29 is 22.7 Å². The van der Waals surface area contributed by atoms with E-state index in [-0.39, 0.29) is 12.1 Å². The monoisotopic (exact) mass is 288 g/mol. The Bertz CT molecular complexity index is 491. The largest absolute Gasteiger partial charge is 0.439 e. The van der Waals surface area contributed by atoms with Crippen molar-refractivity contribution in [1.82, 2.24) is 4.90 Å². The highest BCUT2D eigenvalue weighted by Gasteiger charge is 2.39. The van der Waals surface area contributed by atoms with Crippen molar-refractivity contribution in [2.75, 3.05) is 19.6 Å². The molecule has 0 radical (unpaired) electrons. The maximum Gasteiger partial charge on any atom is 0.416 e. The second-order valence-corrected chi connectivity index (χ2v) is 4.55. The molecule has 1 aromatic rings. The van der Waals surface area contributed by atoms with Crippen LogP contribution in [-0.4, -0.2) is 30.6 Å². The Labute approximate surface area is 114 Å². The van der Waals surface area contributed by atoms with Crippen LogP contribution in [0.15, 0.2) is 24.3 Å². The normalized spacial score (nSPS) is 19.3. The first-order valence-corrected chi connectivity index (χ1v) is 6.25. The molecule has 1 amide bonds. The number of rotatable bonds is 4. The predicted molar refractivity (Wildman–Crippen MR) is 65.9 cm³/mol. The number of carbonyl (C=O) groups excluding carboxylic acids is 1. The number of ether oxygens (including phenoxy) is 1. The first kappa shape index (κ1) is 14.6. The van der Waals surface area contributed by atoms with Crippen molar-refractivity contribution in [1.29, 1.82) is 0 Å². The summed E-state index contributed by atoms with van der Waals surface area (Å²) >= 11 is 0. The molecule has 0 aliphatic carbocycles. The summed E-state index contributed by atoms with van der Waals surface area (Å²) in [5.41, 5.74) is 4.58. The van der Waals surface area contributed by atoms with E-state index >= 15 is 0 Å². The molecule has 1 aliphatic heterocycles. The Morgan fingerprint density at radius 2 is 2.05 bits per heavy atom. The molecule has 0 saturated carbocycles. The molecule has 4 nitrogen and oxygen atoms in total. The Hall–Kier alpha value is -1.76. The van der Waals surface area contributed by atoms with Gasteiger partial charge >= 0.3 is 12.3 Å². The van der Waals surface area contributed by atoms with Gasteiger partial charge in [0, 0.05) is 12.1 Å². The molecule has 1 fully saturated rings. The van der Waals surface area contributed by atoms with Crippen molar-refractivity contribution in [3.63, 3.8) is 0 Å². The fourth-order valence-electron chi connectivity index (χ4n) is 2.17.